The first-order chi connectivity index (χ1) is 8.61. The highest BCUT2D eigenvalue weighted by Crippen LogP contribution is 2.30. The molecule has 1 saturated heterocycles. The second-order valence-electron chi connectivity index (χ2n) is 5.52. The standard InChI is InChI=1S/C14H25N3S/c1-5-15-12(4)13-9-18-14(16-13)17-7-6-10(2)11(3)8-17/h9-12,15H,5-8H2,1-4H3. The molecule has 0 aromatic carbocycles. The zero-order valence-electron chi connectivity index (χ0n) is 11.9. The molecule has 2 rings (SSSR count). The van der Waals surface area contributed by atoms with Crippen molar-refractivity contribution in [1.29, 1.82) is 0 Å². The van der Waals surface area contributed by atoms with Crippen LogP contribution in [0, 0.1) is 11.8 Å². The number of hydrogen-bond donors (Lipinski definition) is 1. The van der Waals surface area contributed by atoms with Gasteiger partial charge in [-0.2, -0.15) is 0 Å². The summed E-state index contributed by atoms with van der Waals surface area (Å²) >= 11 is 1.79. The highest BCUT2D eigenvalue weighted by molar-refractivity contribution is 7.13. The Morgan fingerprint density at radius 3 is 2.94 bits per heavy atom. The van der Waals surface area contributed by atoms with E-state index in [-0.39, 0.29) is 0 Å². The first kappa shape index (κ1) is 13.8. The molecule has 1 aliphatic heterocycles. The van der Waals surface area contributed by atoms with Gasteiger partial charge < -0.3 is 10.2 Å². The summed E-state index contributed by atoms with van der Waals surface area (Å²) < 4.78 is 0. The molecule has 1 aromatic rings. The van der Waals surface area contributed by atoms with E-state index in [1.807, 2.05) is 0 Å². The number of nitrogens with one attached hydrogen (secondary N) is 1. The summed E-state index contributed by atoms with van der Waals surface area (Å²) in [5, 5.41) is 6.82. The Balaban J connectivity index is 2.01. The Bertz CT molecular complexity index is 377. The topological polar surface area (TPSA) is 28.2 Å². The van der Waals surface area contributed by atoms with Crippen molar-refractivity contribution in [3.05, 3.63) is 11.1 Å². The van der Waals surface area contributed by atoms with Gasteiger partial charge in [0.1, 0.15) is 0 Å². The van der Waals surface area contributed by atoms with E-state index in [1.54, 1.807) is 11.3 Å². The molecule has 3 unspecified atom stereocenters. The average Bonchev–Trinajstić information content (AvgIpc) is 2.82. The van der Waals surface area contributed by atoms with Crippen LogP contribution in [0.3, 0.4) is 0 Å². The van der Waals surface area contributed by atoms with Crippen molar-refractivity contribution in [3.63, 3.8) is 0 Å². The normalized spacial score (nSPS) is 26.3. The van der Waals surface area contributed by atoms with Crippen molar-refractivity contribution >= 4 is 16.5 Å². The van der Waals surface area contributed by atoms with Crippen LogP contribution in [-0.4, -0.2) is 24.6 Å². The van der Waals surface area contributed by atoms with Crippen LogP contribution >= 0.6 is 11.3 Å². The predicted molar refractivity (Wildman–Crippen MR) is 79.4 cm³/mol. The summed E-state index contributed by atoms with van der Waals surface area (Å²) in [6, 6.07) is 0.362. The van der Waals surface area contributed by atoms with Gasteiger partial charge in [-0.1, -0.05) is 20.8 Å². The molecule has 18 heavy (non-hydrogen) atoms. The van der Waals surface area contributed by atoms with Gasteiger partial charge >= 0.3 is 0 Å². The van der Waals surface area contributed by atoms with E-state index in [4.69, 9.17) is 4.98 Å². The number of thiazole rings is 1. The molecular formula is C14H25N3S. The predicted octanol–water partition coefficient (Wildman–Crippen LogP) is 3.30. The highest BCUT2D eigenvalue weighted by Gasteiger charge is 2.24. The molecule has 1 fully saturated rings. The van der Waals surface area contributed by atoms with E-state index in [1.165, 1.54) is 17.2 Å². The van der Waals surface area contributed by atoms with Gasteiger partial charge in [-0.15, -0.1) is 11.3 Å². The van der Waals surface area contributed by atoms with Gasteiger partial charge in [0.05, 0.1) is 5.69 Å². The minimum Gasteiger partial charge on any atom is -0.348 e. The molecule has 1 aromatic heterocycles. The minimum absolute atomic E-state index is 0.362. The van der Waals surface area contributed by atoms with Crippen molar-refractivity contribution in [2.24, 2.45) is 11.8 Å². The minimum atomic E-state index is 0.362. The number of aromatic nitrogens is 1. The molecule has 3 nitrogen and oxygen atoms in total. The SMILES string of the molecule is CCNC(C)c1csc(N2CCC(C)C(C)C2)n1. The molecule has 3 atom stereocenters. The van der Waals surface area contributed by atoms with Crippen LogP contribution in [0.5, 0.6) is 0 Å². The largest absolute Gasteiger partial charge is 0.348 e. The van der Waals surface area contributed by atoms with Gasteiger partial charge in [0.15, 0.2) is 5.13 Å². The summed E-state index contributed by atoms with van der Waals surface area (Å²) in [6.45, 7) is 12.3. The zero-order chi connectivity index (χ0) is 13.1. The van der Waals surface area contributed by atoms with E-state index in [0.29, 0.717) is 6.04 Å². The smallest absolute Gasteiger partial charge is 0.185 e. The Kier molecular flexibility index (Phi) is 4.62. The Morgan fingerprint density at radius 1 is 1.50 bits per heavy atom. The first-order valence-corrected chi connectivity index (χ1v) is 7.93. The second kappa shape index (κ2) is 6.02. The molecule has 0 amide bonds. The lowest BCUT2D eigenvalue weighted by atomic mass is 9.89. The zero-order valence-corrected chi connectivity index (χ0v) is 12.8. The molecular weight excluding hydrogens is 242 g/mol. The number of rotatable bonds is 4. The Hall–Kier alpha value is -0.610. The fraction of sp³-hybridized carbons (Fsp3) is 0.786. The van der Waals surface area contributed by atoms with E-state index >= 15 is 0 Å². The molecule has 1 aliphatic rings. The lowest BCUT2D eigenvalue weighted by molar-refractivity contribution is 0.323. The Morgan fingerprint density at radius 2 is 2.28 bits per heavy atom. The maximum Gasteiger partial charge on any atom is 0.185 e. The fourth-order valence-electron chi connectivity index (χ4n) is 2.47. The van der Waals surface area contributed by atoms with Gasteiger partial charge in [0.25, 0.3) is 0 Å². The van der Waals surface area contributed by atoms with E-state index in [0.717, 1.165) is 31.5 Å². The maximum atomic E-state index is 4.79. The number of piperidine rings is 1. The van der Waals surface area contributed by atoms with Crippen LogP contribution in [0.1, 0.15) is 45.9 Å². The molecule has 0 spiro atoms. The fourth-order valence-corrected chi connectivity index (χ4v) is 3.42. The molecule has 2 heterocycles. The molecule has 0 aliphatic carbocycles. The van der Waals surface area contributed by atoms with Crippen LogP contribution in [0.15, 0.2) is 5.38 Å². The van der Waals surface area contributed by atoms with E-state index in [9.17, 15) is 0 Å². The molecule has 1 N–H and O–H groups in total. The monoisotopic (exact) mass is 267 g/mol. The van der Waals surface area contributed by atoms with Gasteiger partial charge in [0, 0.05) is 24.5 Å². The molecule has 102 valence electrons. The van der Waals surface area contributed by atoms with Crippen molar-refractivity contribution in [3.8, 4) is 0 Å². The average molecular weight is 267 g/mol. The van der Waals surface area contributed by atoms with Crippen LogP contribution in [0.25, 0.3) is 0 Å². The van der Waals surface area contributed by atoms with Crippen molar-refractivity contribution in [2.45, 2.75) is 40.2 Å². The molecule has 0 bridgehead atoms. The van der Waals surface area contributed by atoms with Gasteiger partial charge in [-0.3, -0.25) is 0 Å². The number of anilines is 1. The quantitative estimate of drug-likeness (QED) is 0.907. The van der Waals surface area contributed by atoms with Crippen molar-refractivity contribution in [2.75, 3.05) is 24.5 Å². The lowest BCUT2D eigenvalue weighted by Crippen LogP contribution is -2.38. The summed E-state index contributed by atoms with van der Waals surface area (Å²) in [4.78, 5) is 7.25. The third kappa shape index (κ3) is 3.04. The summed E-state index contributed by atoms with van der Waals surface area (Å²) in [7, 11) is 0. The lowest BCUT2D eigenvalue weighted by Gasteiger charge is -2.35. The highest BCUT2D eigenvalue weighted by atomic mass is 32.1. The molecule has 0 saturated carbocycles. The van der Waals surface area contributed by atoms with Gasteiger partial charge in [-0.25, -0.2) is 4.98 Å². The number of nitrogens with zero attached hydrogens (tertiary/aromatic N) is 2. The van der Waals surface area contributed by atoms with Crippen LogP contribution in [0.4, 0.5) is 5.13 Å². The number of hydrogen-bond acceptors (Lipinski definition) is 4. The van der Waals surface area contributed by atoms with E-state index < -0.39 is 0 Å². The van der Waals surface area contributed by atoms with Gasteiger partial charge in [0.2, 0.25) is 0 Å². The Labute approximate surface area is 115 Å². The van der Waals surface area contributed by atoms with Crippen molar-refractivity contribution < 1.29 is 0 Å². The summed E-state index contributed by atoms with van der Waals surface area (Å²) in [6.07, 6.45) is 1.29. The van der Waals surface area contributed by atoms with Crippen LogP contribution < -0.4 is 10.2 Å². The summed E-state index contributed by atoms with van der Waals surface area (Å²) in [5.41, 5.74) is 1.18. The van der Waals surface area contributed by atoms with E-state index in [2.05, 4.69) is 43.3 Å². The maximum absolute atomic E-state index is 4.79. The third-order valence-corrected chi connectivity index (χ3v) is 4.99. The van der Waals surface area contributed by atoms with Crippen molar-refractivity contribution in [1.82, 2.24) is 10.3 Å². The molecule has 4 heteroatoms. The third-order valence-electron chi connectivity index (χ3n) is 4.07. The van der Waals surface area contributed by atoms with Crippen LogP contribution in [0.2, 0.25) is 0 Å². The summed E-state index contributed by atoms with van der Waals surface area (Å²) in [5.74, 6) is 1.62. The second-order valence-corrected chi connectivity index (χ2v) is 6.36. The van der Waals surface area contributed by atoms with Gasteiger partial charge in [-0.05, 0) is 31.7 Å². The first-order valence-electron chi connectivity index (χ1n) is 7.05. The molecule has 0 radical (unpaired) electrons. The van der Waals surface area contributed by atoms with Crippen LogP contribution in [-0.2, 0) is 0 Å².